The molecule has 4 rings (SSSR count). The molecule has 0 fully saturated rings. The van der Waals surface area contributed by atoms with E-state index < -0.39 is 5.82 Å². The molecule has 0 N–H and O–H groups in total. The predicted octanol–water partition coefficient (Wildman–Crippen LogP) is 3.75. The van der Waals surface area contributed by atoms with E-state index in [0.717, 1.165) is 5.56 Å². The lowest BCUT2D eigenvalue weighted by Gasteiger charge is -2.01. The molecule has 2 heterocycles. The lowest BCUT2D eigenvalue weighted by atomic mass is 10.2. The normalized spacial score (nSPS) is 11.3. The van der Waals surface area contributed by atoms with Gasteiger partial charge in [0.25, 0.3) is 0 Å². The maximum absolute atomic E-state index is 14.2. The highest BCUT2D eigenvalue weighted by atomic mass is 35.5. The van der Waals surface area contributed by atoms with Crippen LogP contribution in [0.15, 0.2) is 42.5 Å². The van der Waals surface area contributed by atoms with Gasteiger partial charge in [-0.3, -0.25) is 0 Å². The van der Waals surface area contributed by atoms with Gasteiger partial charge in [0, 0.05) is 5.56 Å². The lowest BCUT2D eigenvalue weighted by Crippen LogP contribution is -1.96. The van der Waals surface area contributed by atoms with Crippen LogP contribution in [-0.2, 0) is 0 Å². The smallest absolute Gasteiger partial charge is 0.226 e. The summed E-state index contributed by atoms with van der Waals surface area (Å²) in [5.41, 5.74) is 1.51. The van der Waals surface area contributed by atoms with E-state index in [9.17, 15) is 4.39 Å². The number of hydrogen-bond donors (Lipinski definition) is 0. The minimum Gasteiger partial charge on any atom is -0.497 e. The highest BCUT2D eigenvalue weighted by molar-refractivity contribution is 6.29. The number of aromatic nitrogens is 4. The quantitative estimate of drug-likeness (QED) is 0.526. The van der Waals surface area contributed by atoms with Crippen LogP contribution < -0.4 is 4.74 Å². The summed E-state index contributed by atoms with van der Waals surface area (Å²) in [6.07, 6.45) is 0. The van der Waals surface area contributed by atoms with E-state index in [1.165, 1.54) is 10.6 Å². The van der Waals surface area contributed by atoms with Crippen molar-refractivity contribution in [3.63, 3.8) is 0 Å². The minimum absolute atomic E-state index is 0.125. The molecule has 0 spiro atoms. The van der Waals surface area contributed by atoms with Crippen molar-refractivity contribution in [2.75, 3.05) is 7.11 Å². The molecule has 0 aliphatic carbocycles. The molecule has 0 saturated carbocycles. The van der Waals surface area contributed by atoms with Gasteiger partial charge in [0.1, 0.15) is 11.6 Å². The van der Waals surface area contributed by atoms with Gasteiger partial charge in [-0.2, -0.15) is 4.52 Å². The molecule has 0 aliphatic rings. The van der Waals surface area contributed by atoms with E-state index in [2.05, 4.69) is 15.1 Å². The fourth-order valence-electron chi connectivity index (χ4n) is 2.46. The molecule has 5 nitrogen and oxygen atoms in total. The topological polar surface area (TPSA) is 52.3 Å². The van der Waals surface area contributed by atoms with Gasteiger partial charge in [-0.05, 0) is 35.9 Å². The van der Waals surface area contributed by atoms with Gasteiger partial charge in [-0.1, -0.05) is 18.2 Å². The Morgan fingerprint density at radius 3 is 2.78 bits per heavy atom. The Balaban J connectivity index is 2.04. The van der Waals surface area contributed by atoms with Crippen LogP contribution in [0.1, 0.15) is 0 Å². The van der Waals surface area contributed by atoms with Crippen LogP contribution in [0, 0.1) is 5.82 Å². The first-order valence-corrected chi connectivity index (χ1v) is 7.20. The summed E-state index contributed by atoms with van der Waals surface area (Å²) in [7, 11) is 1.58. The van der Waals surface area contributed by atoms with Gasteiger partial charge in [-0.25, -0.2) is 14.4 Å². The minimum atomic E-state index is -0.416. The number of hydrogen-bond acceptors (Lipinski definition) is 4. The maximum atomic E-state index is 14.2. The van der Waals surface area contributed by atoms with Crippen molar-refractivity contribution in [2.45, 2.75) is 0 Å². The van der Waals surface area contributed by atoms with Crippen molar-refractivity contribution in [3.8, 4) is 17.1 Å². The molecule has 23 heavy (non-hydrogen) atoms. The first-order valence-electron chi connectivity index (χ1n) is 6.82. The van der Waals surface area contributed by atoms with E-state index >= 15 is 0 Å². The fraction of sp³-hybridized carbons (Fsp3) is 0.0625. The molecule has 0 bridgehead atoms. The second kappa shape index (κ2) is 5.17. The Morgan fingerprint density at radius 2 is 1.96 bits per heavy atom. The Hall–Kier alpha value is -2.73. The van der Waals surface area contributed by atoms with Gasteiger partial charge in [0.2, 0.25) is 5.28 Å². The van der Waals surface area contributed by atoms with Crippen LogP contribution in [0.4, 0.5) is 4.39 Å². The monoisotopic (exact) mass is 328 g/mol. The summed E-state index contributed by atoms with van der Waals surface area (Å²) in [5, 5.41) is 4.75. The third-order valence-electron chi connectivity index (χ3n) is 3.54. The summed E-state index contributed by atoms with van der Waals surface area (Å²) >= 11 is 6.15. The summed E-state index contributed by atoms with van der Waals surface area (Å²) in [5.74, 6) is 0.686. The van der Waals surface area contributed by atoms with Crippen molar-refractivity contribution in [3.05, 3.63) is 53.6 Å². The molecule has 0 aliphatic heterocycles. The van der Waals surface area contributed by atoms with Crippen molar-refractivity contribution >= 4 is 28.2 Å². The van der Waals surface area contributed by atoms with Gasteiger partial charge in [0.05, 0.1) is 18.0 Å². The molecule has 0 radical (unpaired) electrons. The molecular weight excluding hydrogens is 319 g/mol. The van der Waals surface area contributed by atoms with Gasteiger partial charge in [0.15, 0.2) is 11.5 Å². The molecule has 0 atom stereocenters. The van der Waals surface area contributed by atoms with Crippen molar-refractivity contribution in [1.82, 2.24) is 19.6 Å². The van der Waals surface area contributed by atoms with E-state index in [0.29, 0.717) is 28.1 Å². The summed E-state index contributed by atoms with van der Waals surface area (Å²) in [4.78, 5) is 8.61. The lowest BCUT2D eigenvalue weighted by molar-refractivity contribution is 0.415. The average Bonchev–Trinajstić information content (AvgIpc) is 3.01. The number of rotatable bonds is 2. The van der Waals surface area contributed by atoms with E-state index in [4.69, 9.17) is 16.3 Å². The van der Waals surface area contributed by atoms with Crippen LogP contribution in [0.2, 0.25) is 5.28 Å². The molecule has 0 saturated heterocycles. The maximum Gasteiger partial charge on any atom is 0.226 e. The second-order valence-corrected chi connectivity index (χ2v) is 5.26. The summed E-state index contributed by atoms with van der Waals surface area (Å²) in [6.45, 7) is 0. The third kappa shape index (κ3) is 2.19. The summed E-state index contributed by atoms with van der Waals surface area (Å²) in [6, 6.07) is 11.9. The third-order valence-corrected chi connectivity index (χ3v) is 3.78. The molecule has 0 amide bonds. The predicted molar refractivity (Wildman–Crippen MR) is 85.2 cm³/mol. The van der Waals surface area contributed by atoms with Gasteiger partial charge >= 0.3 is 0 Å². The molecule has 114 valence electrons. The molecule has 0 unspecified atom stereocenters. The highest BCUT2D eigenvalue weighted by Crippen LogP contribution is 2.27. The molecular formula is C16H10ClFN4O. The SMILES string of the molecule is COc1cccc(-c2nc3c4c(F)cccc4nc(Cl)n3n2)c1. The van der Waals surface area contributed by atoms with E-state index in [1.807, 2.05) is 18.2 Å². The Labute approximate surface area is 135 Å². The van der Waals surface area contributed by atoms with Crippen molar-refractivity contribution in [2.24, 2.45) is 0 Å². The van der Waals surface area contributed by atoms with Crippen LogP contribution in [-0.4, -0.2) is 26.7 Å². The van der Waals surface area contributed by atoms with Crippen LogP contribution >= 0.6 is 11.6 Å². The van der Waals surface area contributed by atoms with E-state index in [1.54, 1.807) is 25.3 Å². The van der Waals surface area contributed by atoms with Crippen LogP contribution in [0.3, 0.4) is 0 Å². The standard InChI is InChI=1S/C16H10ClFN4O/c1-23-10-5-2-4-9(8-10)14-20-15-13-11(18)6-3-7-12(13)19-16(17)22(15)21-14/h2-8H,1H3. The summed E-state index contributed by atoms with van der Waals surface area (Å²) < 4.78 is 20.7. The average molecular weight is 329 g/mol. The van der Waals surface area contributed by atoms with Crippen molar-refractivity contribution < 1.29 is 9.13 Å². The molecule has 2 aromatic heterocycles. The molecule has 4 aromatic rings. The number of ether oxygens (including phenoxy) is 1. The second-order valence-electron chi connectivity index (χ2n) is 4.92. The first-order chi connectivity index (χ1) is 11.2. The van der Waals surface area contributed by atoms with Gasteiger partial charge in [-0.15, -0.1) is 5.10 Å². The molecule has 2 aromatic carbocycles. The zero-order valence-electron chi connectivity index (χ0n) is 12.0. The zero-order chi connectivity index (χ0) is 16.0. The van der Waals surface area contributed by atoms with Crippen molar-refractivity contribution in [1.29, 1.82) is 0 Å². The van der Waals surface area contributed by atoms with E-state index in [-0.39, 0.29) is 5.28 Å². The number of nitrogens with zero attached hydrogens (tertiary/aromatic N) is 4. The number of methoxy groups -OCH3 is 1. The first kappa shape index (κ1) is 13.9. The number of fused-ring (bicyclic) bond motifs is 3. The zero-order valence-corrected chi connectivity index (χ0v) is 12.8. The highest BCUT2D eigenvalue weighted by Gasteiger charge is 2.16. The fourth-order valence-corrected chi connectivity index (χ4v) is 2.67. The Bertz CT molecular complexity index is 1050. The largest absolute Gasteiger partial charge is 0.497 e. The number of halogens is 2. The number of benzene rings is 2. The van der Waals surface area contributed by atoms with Crippen LogP contribution in [0.25, 0.3) is 27.9 Å². The molecule has 7 heteroatoms. The van der Waals surface area contributed by atoms with Gasteiger partial charge < -0.3 is 4.74 Å². The van der Waals surface area contributed by atoms with Crippen LogP contribution in [0.5, 0.6) is 5.75 Å². The Morgan fingerprint density at radius 1 is 1.13 bits per heavy atom. The Kier molecular flexibility index (Phi) is 3.12.